The lowest BCUT2D eigenvalue weighted by atomic mass is 9.87. The van der Waals surface area contributed by atoms with Crippen molar-refractivity contribution in [1.82, 2.24) is 10.2 Å². The Labute approximate surface area is 115 Å². The average Bonchev–Trinajstić information content (AvgIpc) is 2.27. The number of hydrogen-bond acceptors (Lipinski definition) is 4. The molecule has 1 amide bonds. The predicted octanol–water partition coefficient (Wildman–Crippen LogP) is 1.76. The van der Waals surface area contributed by atoms with Crippen LogP contribution in [0.4, 0.5) is 4.79 Å². The van der Waals surface area contributed by atoms with E-state index in [0.717, 1.165) is 25.9 Å². The van der Waals surface area contributed by atoms with Gasteiger partial charge < -0.3 is 14.8 Å². The minimum atomic E-state index is -0.460. The van der Waals surface area contributed by atoms with E-state index in [-0.39, 0.29) is 17.7 Å². The highest BCUT2D eigenvalue weighted by Gasteiger charge is 2.47. The molecule has 2 rings (SSSR count). The topological polar surface area (TPSA) is 50.8 Å². The van der Waals surface area contributed by atoms with E-state index in [0.29, 0.717) is 13.2 Å². The first kappa shape index (κ1) is 14.6. The molecule has 5 nitrogen and oxygen atoms in total. The second-order valence-corrected chi connectivity index (χ2v) is 6.72. The Morgan fingerprint density at radius 3 is 2.79 bits per heavy atom. The summed E-state index contributed by atoms with van der Waals surface area (Å²) in [4.78, 5) is 14.4. The zero-order valence-electron chi connectivity index (χ0n) is 12.5. The van der Waals surface area contributed by atoms with E-state index in [1.807, 2.05) is 32.6 Å². The molecule has 110 valence electrons. The average molecular weight is 270 g/mol. The zero-order valence-corrected chi connectivity index (χ0v) is 12.5. The first-order chi connectivity index (χ1) is 8.84. The number of morpholine rings is 1. The van der Waals surface area contributed by atoms with Gasteiger partial charge in [-0.3, -0.25) is 4.90 Å². The van der Waals surface area contributed by atoms with Crippen molar-refractivity contribution < 1.29 is 14.3 Å². The van der Waals surface area contributed by atoms with Gasteiger partial charge in [0.15, 0.2) is 0 Å². The number of piperidine rings is 1. The van der Waals surface area contributed by atoms with Crippen molar-refractivity contribution in [3.63, 3.8) is 0 Å². The number of ether oxygens (including phenoxy) is 2. The summed E-state index contributed by atoms with van der Waals surface area (Å²) < 4.78 is 11.3. The minimum absolute atomic E-state index is 0.0588. The van der Waals surface area contributed by atoms with Crippen LogP contribution in [0.1, 0.15) is 40.5 Å². The van der Waals surface area contributed by atoms with E-state index in [1.54, 1.807) is 0 Å². The van der Waals surface area contributed by atoms with Crippen LogP contribution in [0.3, 0.4) is 0 Å². The Morgan fingerprint density at radius 2 is 2.21 bits per heavy atom. The van der Waals surface area contributed by atoms with Crippen LogP contribution >= 0.6 is 0 Å². The second kappa shape index (κ2) is 5.29. The van der Waals surface area contributed by atoms with Crippen molar-refractivity contribution in [3.05, 3.63) is 0 Å². The molecule has 0 aromatic rings. The van der Waals surface area contributed by atoms with Gasteiger partial charge in [0.25, 0.3) is 0 Å². The summed E-state index contributed by atoms with van der Waals surface area (Å²) >= 11 is 0. The Hall–Kier alpha value is -0.810. The summed E-state index contributed by atoms with van der Waals surface area (Å²) in [5, 5.41) is 3.38. The van der Waals surface area contributed by atoms with Crippen molar-refractivity contribution in [1.29, 1.82) is 0 Å². The normalized spacial score (nSPS) is 32.4. The van der Waals surface area contributed by atoms with E-state index in [2.05, 4.69) is 5.32 Å². The molecule has 2 atom stereocenters. The molecular weight excluding hydrogens is 244 g/mol. The molecule has 19 heavy (non-hydrogen) atoms. The van der Waals surface area contributed by atoms with Gasteiger partial charge in [0.1, 0.15) is 5.60 Å². The van der Waals surface area contributed by atoms with E-state index in [4.69, 9.17) is 9.47 Å². The third kappa shape index (κ3) is 3.20. The highest BCUT2D eigenvalue weighted by atomic mass is 16.6. The molecule has 2 fully saturated rings. The van der Waals surface area contributed by atoms with Gasteiger partial charge in [-0.05, 0) is 47.1 Å². The molecule has 2 aliphatic rings. The molecular formula is C14H26N2O3. The molecule has 0 bridgehead atoms. The maximum Gasteiger partial charge on any atom is 0.411 e. The summed E-state index contributed by atoms with van der Waals surface area (Å²) in [5.41, 5.74) is -0.698. The molecule has 0 radical (unpaired) electrons. The Morgan fingerprint density at radius 1 is 1.47 bits per heavy atom. The lowest BCUT2D eigenvalue weighted by Gasteiger charge is -2.51. The SMILES string of the molecule is CC1COCC2(CCCNC2)N1C(=O)OC(C)(C)C. The molecule has 5 heteroatoms. The van der Waals surface area contributed by atoms with Crippen LogP contribution in [-0.2, 0) is 9.47 Å². The molecule has 0 aliphatic carbocycles. The maximum atomic E-state index is 12.5. The van der Waals surface area contributed by atoms with Gasteiger partial charge in [0, 0.05) is 6.54 Å². The molecule has 2 saturated heterocycles. The fourth-order valence-corrected chi connectivity index (χ4v) is 3.00. The second-order valence-electron chi connectivity index (χ2n) is 6.72. The minimum Gasteiger partial charge on any atom is -0.444 e. The molecule has 1 N–H and O–H groups in total. The molecule has 2 aliphatic heterocycles. The fraction of sp³-hybridized carbons (Fsp3) is 0.929. The van der Waals surface area contributed by atoms with Crippen LogP contribution in [0.2, 0.25) is 0 Å². The van der Waals surface area contributed by atoms with Crippen LogP contribution in [-0.4, -0.2) is 54.5 Å². The smallest absolute Gasteiger partial charge is 0.411 e. The van der Waals surface area contributed by atoms with Crippen LogP contribution < -0.4 is 5.32 Å². The van der Waals surface area contributed by atoms with Gasteiger partial charge >= 0.3 is 6.09 Å². The molecule has 1 spiro atoms. The summed E-state index contributed by atoms with van der Waals surface area (Å²) in [7, 11) is 0. The monoisotopic (exact) mass is 270 g/mol. The van der Waals surface area contributed by atoms with E-state index < -0.39 is 5.60 Å². The number of nitrogens with zero attached hydrogens (tertiary/aromatic N) is 1. The molecule has 0 saturated carbocycles. The van der Waals surface area contributed by atoms with Crippen molar-refractivity contribution in [2.24, 2.45) is 0 Å². The van der Waals surface area contributed by atoms with E-state index in [1.165, 1.54) is 0 Å². The van der Waals surface area contributed by atoms with Crippen LogP contribution in [0.5, 0.6) is 0 Å². The van der Waals surface area contributed by atoms with Crippen molar-refractivity contribution in [2.75, 3.05) is 26.3 Å². The number of amides is 1. The van der Waals surface area contributed by atoms with Crippen molar-refractivity contribution in [3.8, 4) is 0 Å². The third-order valence-electron chi connectivity index (χ3n) is 3.72. The van der Waals surface area contributed by atoms with Gasteiger partial charge in [0.2, 0.25) is 0 Å². The van der Waals surface area contributed by atoms with E-state index in [9.17, 15) is 4.79 Å². The maximum absolute atomic E-state index is 12.5. The van der Waals surface area contributed by atoms with Crippen molar-refractivity contribution in [2.45, 2.75) is 57.7 Å². The first-order valence-corrected chi connectivity index (χ1v) is 7.15. The molecule has 0 aromatic carbocycles. The summed E-state index contributed by atoms with van der Waals surface area (Å²) in [5.74, 6) is 0. The summed E-state index contributed by atoms with van der Waals surface area (Å²) in [6, 6.07) is 0.0588. The van der Waals surface area contributed by atoms with Gasteiger partial charge in [-0.25, -0.2) is 4.79 Å². The van der Waals surface area contributed by atoms with Crippen LogP contribution in [0.25, 0.3) is 0 Å². The first-order valence-electron chi connectivity index (χ1n) is 7.15. The van der Waals surface area contributed by atoms with Crippen molar-refractivity contribution >= 4 is 6.09 Å². The summed E-state index contributed by atoms with van der Waals surface area (Å²) in [6.45, 7) is 10.7. The zero-order chi connectivity index (χ0) is 14.1. The van der Waals surface area contributed by atoms with Crippen LogP contribution in [0, 0.1) is 0 Å². The number of hydrogen-bond donors (Lipinski definition) is 1. The van der Waals surface area contributed by atoms with Gasteiger partial charge in [-0.1, -0.05) is 0 Å². The van der Waals surface area contributed by atoms with Gasteiger partial charge in [-0.2, -0.15) is 0 Å². The van der Waals surface area contributed by atoms with Crippen LogP contribution in [0.15, 0.2) is 0 Å². The highest BCUT2D eigenvalue weighted by Crippen LogP contribution is 2.31. The standard InChI is InChI=1S/C14H26N2O3/c1-11-8-18-10-14(6-5-7-15-9-14)16(11)12(17)19-13(2,3)4/h11,15H,5-10H2,1-4H3. The van der Waals surface area contributed by atoms with E-state index >= 15 is 0 Å². The van der Waals surface area contributed by atoms with Gasteiger partial charge in [0.05, 0.1) is 24.8 Å². The Bertz CT molecular complexity index is 327. The number of rotatable bonds is 0. The Kier molecular flexibility index (Phi) is 4.06. The third-order valence-corrected chi connectivity index (χ3v) is 3.72. The quantitative estimate of drug-likeness (QED) is 0.729. The summed E-state index contributed by atoms with van der Waals surface area (Å²) in [6.07, 6.45) is 1.82. The predicted molar refractivity (Wildman–Crippen MR) is 73.2 cm³/mol. The Balaban J connectivity index is 2.18. The highest BCUT2D eigenvalue weighted by molar-refractivity contribution is 5.70. The molecule has 0 aromatic heterocycles. The lowest BCUT2D eigenvalue weighted by molar-refractivity contribution is -0.107. The largest absolute Gasteiger partial charge is 0.444 e. The lowest BCUT2D eigenvalue weighted by Crippen LogP contribution is -2.68. The number of nitrogens with one attached hydrogen (secondary N) is 1. The van der Waals surface area contributed by atoms with Gasteiger partial charge in [-0.15, -0.1) is 0 Å². The fourth-order valence-electron chi connectivity index (χ4n) is 3.00. The molecule has 2 unspecified atom stereocenters. The number of carbonyl (C=O) groups is 1. The molecule has 2 heterocycles. The number of carbonyl (C=O) groups excluding carboxylic acids is 1.